The number of halogens is 1. The molecule has 3 nitrogen and oxygen atoms in total. The molecular weight excluding hydrogens is 324 g/mol. The van der Waals surface area contributed by atoms with E-state index in [0.717, 1.165) is 18.7 Å². The van der Waals surface area contributed by atoms with Crippen molar-refractivity contribution >= 4 is 47.5 Å². The summed E-state index contributed by atoms with van der Waals surface area (Å²) in [7, 11) is 0. The van der Waals surface area contributed by atoms with Crippen molar-refractivity contribution in [1.82, 2.24) is 5.32 Å². The van der Waals surface area contributed by atoms with Gasteiger partial charge in [-0.1, -0.05) is 12.1 Å². The summed E-state index contributed by atoms with van der Waals surface area (Å²) in [6, 6.07) is 8.66. The van der Waals surface area contributed by atoms with E-state index < -0.39 is 0 Å². The molecule has 2 aliphatic rings. The highest BCUT2D eigenvalue weighted by atomic mass is 35.5. The monoisotopic (exact) mass is 344 g/mol. The summed E-state index contributed by atoms with van der Waals surface area (Å²) in [4.78, 5) is 12.0. The van der Waals surface area contributed by atoms with Crippen LogP contribution in [0.1, 0.15) is 29.4 Å². The number of nitrogens with one attached hydrogen (secondary N) is 2. The first-order valence-corrected chi connectivity index (χ1v) is 9.27. The van der Waals surface area contributed by atoms with Crippen molar-refractivity contribution in [2.45, 2.75) is 29.9 Å². The first kappa shape index (κ1) is 17.0. The van der Waals surface area contributed by atoms with Gasteiger partial charge in [0.15, 0.2) is 0 Å². The van der Waals surface area contributed by atoms with E-state index >= 15 is 0 Å². The van der Waals surface area contributed by atoms with Crippen LogP contribution in [0.5, 0.6) is 0 Å². The van der Waals surface area contributed by atoms with Gasteiger partial charge in [-0.05, 0) is 37.1 Å². The normalized spacial score (nSPS) is 22.0. The molecule has 21 heavy (non-hydrogen) atoms. The molecule has 0 radical (unpaired) electrons. The van der Waals surface area contributed by atoms with Crippen molar-refractivity contribution in [3.63, 3.8) is 0 Å². The molecule has 1 amide bonds. The summed E-state index contributed by atoms with van der Waals surface area (Å²) in [5, 5.41) is 6.40. The van der Waals surface area contributed by atoms with E-state index in [9.17, 15) is 4.79 Å². The maximum Gasteiger partial charge on any atom is 0.225 e. The lowest BCUT2D eigenvalue weighted by Crippen LogP contribution is -2.27. The second kappa shape index (κ2) is 8.32. The van der Waals surface area contributed by atoms with Gasteiger partial charge in [-0.3, -0.25) is 4.79 Å². The third kappa shape index (κ3) is 4.81. The van der Waals surface area contributed by atoms with Crippen LogP contribution in [0.25, 0.3) is 0 Å². The molecule has 2 heterocycles. The Morgan fingerprint density at radius 1 is 1.33 bits per heavy atom. The fourth-order valence-electron chi connectivity index (χ4n) is 2.68. The smallest absolute Gasteiger partial charge is 0.225 e. The van der Waals surface area contributed by atoms with Crippen LogP contribution in [0.4, 0.5) is 5.69 Å². The van der Waals surface area contributed by atoms with E-state index in [4.69, 9.17) is 0 Å². The van der Waals surface area contributed by atoms with Crippen LogP contribution < -0.4 is 10.6 Å². The highest BCUT2D eigenvalue weighted by Gasteiger charge is 2.20. The minimum atomic E-state index is 0. The van der Waals surface area contributed by atoms with Crippen molar-refractivity contribution in [3.8, 4) is 0 Å². The lowest BCUT2D eigenvalue weighted by Gasteiger charge is -2.13. The largest absolute Gasteiger partial charge is 0.326 e. The summed E-state index contributed by atoms with van der Waals surface area (Å²) < 4.78 is 0.531. The highest BCUT2D eigenvalue weighted by molar-refractivity contribution is 8.19. The molecule has 0 aliphatic carbocycles. The number of hydrogen-bond acceptors (Lipinski definition) is 4. The number of carbonyl (C=O) groups is 1. The second-order valence-corrected chi connectivity index (χ2v) is 7.97. The zero-order valence-electron chi connectivity index (χ0n) is 11.8. The zero-order valence-corrected chi connectivity index (χ0v) is 14.3. The Balaban J connectivity index is 0.00000161. The van der Waals surface area contributed by atoms with Gasteiger partial charge in [0.25, 0.3) is 0 Å². The van der Waals surface area contributed by atoms with Gasteiger partial charge < -0.3 is 10.6 Å². The fraction of sp³-hybridized carbons (Fsp3) is 0.533. The van der Waals surface area contributed by atoms with Crippen LogP contribution in [0.2, 0.25) is 0 Å². The number of benzene rings is 1. The Hall–Kier alpha value is -0.360. The number of thioether (sulfide) groups is 2. The zero-order chi connectivity index (χ0) is 13.8. The third-order valence-corrected chi connectivity index (χ3v) is 6.76. The molecule has 0 aromatic heterocycles. The van der Waals surface area contributed by atoms with E-state index in [1.807, 2.05) is 35.7 Å². The van der Waals surface area contributed by atoms with Crippen LogP contribution in [0, 0.1) is 0 Å². The number of hydrogen-bond donors (Lipinski definition) is 2. The van der Waals surface area contributed by atoms with E-state index in [2.05, 4.69) is 22.8 Å². The van der Waals surface area contributed by atoms with Gasteiger partial charge in [-0.2, -0.15) is 0 Å². The Bertz CT molecular complexity index is 474. The van der Waals surface area contributed by atoms with Gasteiger partial charge in [-0.15, -0.1) is 35.9 Å². The molecule has 1 aromatic carbocycles. The second-order valence-electron chi connectivity index (χ2n) is 5.24. The van der Waals surface area contributed by atoms with Crippen LogP contribution in [0.3, 0.4) is 0 Å². The van der Waals surface area contributed by atoms with Crippen molar-refractivity contribution in [3.05, 3.63) is 29.8 Å². The average Bonchev–Trinajstić information content (AvgIpc) is 3.11. The van der Waals surface area contributed by atoms with Crippen molar-refractivity contribution in [2.75, 3.05) is 23.4 Å². The Kier molecular flexibility index (Phi) is 6.74. The molecule has 2 N–H and O–H groups in total. The number of carbonyl (C=O) groups excluding carboxylic acids is 1. The quantitative estimate of drug-likeness (QED) is 0.874. The molecule has 3 rings (SSSR count). The van der Waals surface area contributed by atoms with Gasteiger partial charge >= 0.3 is 0 Å². The van der Waals surface area contributed by atoms with Gasteiger partial charge in [0.1, 0.15) is 0 Å². The lowest BCUT2D eigenvalue weighted by molar-refractivity contribution is -0.116. The van der Waals surface area contributed by atoms with Crippen molar-refractivity contribution in [1.29, 1.82) is 0 Å². The summed E-state index contributed by atoms with van der Waals surface area (Å²) in [5.74, 6) is 2.56. The number of amides is 1. The van der Waals surface area contributed by atoms with Crippen LogP contribution in [0.15, 0.2) is 24.3 Å². The Morgan fingerprint density at radius 3 is 2.86 bits per heavy atom. The van der Waals surface area contributed by atoms with Crippen LogP contribution in [-0.2, 0) is 4.79 Å². The maximum absolute atomic E-state index is 12.0. The molecule has 0 saturated carbocycles. The molecule has 1 aromatic rings. The van der Waals surface area contributed by atoms with Crippen LogP contribution in [-0.4, -0.2) is 30.0 Å². The highest BCUT2D eigenvalue weighted by Crippen LogP contribution is 2.45. The summed E-state index contributed by atoms with van der Waals surface area (Å²) in [6.45, 7) is 1.05. The number of anilines is 1. The predicted molar refractivity (Wildman–Crippen MR) is 95.6 cm³/mol. The van der Waals surface area contributed by atoms with Gasteiger partial charge in [0.2, 0.25) is 5.91 Å². The molecule has 2 fully saturated rings. The molecule has 2 saturated heterocycles. The van der Waals surface area contributed by atoms with Crippen molar-refractivity contribution < 1.29 is 4.79 Å². The van der Waals surface area contributed by atoms with E-state index in [-0.39, 0.29) is 18.3 Å². The molecule has 6 heteroatoms. The molecule has 1 atom stereocenters. The standard InChI is InChI=1S/C15H20N2OS2.ClH/c18-14(10-12-5-2-6-16-12)17-13-4-1-3-11(9-13)15-19-7-8-20-15;/h1,3-4,9,12,15-16H,2,5-8,10H2,(H,17,18);1H. The van der Waals surface area contributed by atoms with Crippen molar-refractivity contribution in [2.24, 2.45) is 0 Å². The first-order chi connectivity index (χ1) is 9.81. The molecule has 1 unspecified atom stereocenters. The fourth-order valence-corrected chi connectivity index (χ4v) is 5.52. The Labute approximate surface area is 140 Å². The van der Waals surface area contributed by atoms with Gasteiger partial charge in [-0.25, -0.2) is 0 Å². The SMILES string of the molecule is Cl.O=C(CC1CCCN1)Nc1cccc(C2SCCS2)c1. The molecule has 0 spiro atoms. The summed E-state index contributed by atoms with van der Waals surface area (Å²) in [5.41, 5.74) is 2.24. The molecule has 116 valence electrons. The summed E-state index contributed by atoms with van der Waals surface area (Å²) >= 11 is 3.98. The molecule has 2 aliphatic heterocycles. The van der Waals surface area contributed by atoms with Gasteiger partial charge in [0.05, 0.1) is 4.58 Å². The Morgan fingerprint density at radius 2 is 2.14 bits per heavy atom. The molecular formula is C15H21ClN2OS2. The predicted octanol–water partition coefficient (Wildman–Crippen LogP) is 3.67. The minimum Gasteiger partial charge on any atom is -0.326 e. The molecule has 0 bridgehead atoms. The van der Waals surface area contributed by atoms with E-state index in [0.29, 0.717) is 17.0 Å². The van der Waals surface area contributed by atoms with Gasteiger partial charge in [0, 0.05) is 29.7 Å². The first-order valence-electron chi connectivity index (χ1n) is 7.18. The van der Waals surface area contributed by atoms with E-state index in [1.165, 1.54) is 23.5 Å². The van der Waals surface area contributed by atoms with Crippen LogP contribution >= 0.6 is 35.9 Å². The van der Waals surface area contributed by atoms with E-state index in [1.54, 1.807) is 0 Å². The summed E-state index contributed by atoms with van der Waals surface area (Å²) in [6.07, 6.45) is 2.88. The number of rotatable bonds is 4. The average molecular weight is 345 g/mol. The minimum absolute atomic E-state index is 0. The third-order valence-electron chi connectivity index (χ3n) is 3.66. The lowest BCUT2D eigenvalue weighted by atomic mass is 10.1. The topological polar surface area (TPSA) is 41.1 Å². The maximum atomic E-state index is 12.0.